The minimum atomic E-state index is -0.205. The van der Waals surface area contributed by atoms with E-state index in [1.807, 2.05) is 6.07 Å². The Morgan fingerprint density at radius 3 is 2.94 bits per heavy atom. The van der Waals surface area contributed by atoms with Crippen LogP contribution in [0.15, 0.2) is 24.3 Å². The van der Waals surface area contributed by atoms with Crippen LogP contribution >= 0.6 is 0 Å². The Morgan fingerprint density at radius 1 is 1.50 bits per heavy atom. The van der Waals surface area contributed by atoms with Crippen LogP contribution in [0.4, 0.5) is 0 Å². The lowest BCUT2D eigenvalue weighted by Crippen LogP contribution is -2.45. The van der Waals surface area contributed by atoms with E-state index in [4.69, 9.17) is 0 Å². The number of carbonyl (C=O) groups excluding carboxylic acids is 1. The van der Waals surface area contributed by atoms with E-state index >= 15 is 0 Å². The molecule has 0 spiro atoms. The molecule has 0 aromatic heterocycles. The van der Waals surface area contributed by atoms with Gasteiger partial charge in [-0.2, -0.15) is 0 Å². The van der Waals surface area contributed by atoms with Gasteiger partial charge in [-0.1, -0.05) is 19.1 Å². The first-order chi connectivity index (χ1) is 8.66. The molecule has 1 aromatic rings. The van der Waals surface area contributed by atoms with Gasteiger partial charge in [-0.15, -0.1) is 0 Å². The zero-order valence-electron chi connectivity index (χ0n) is 10.9. The maximum Gasteiger partial charge on any atom is 0.144 e. The largest absolute Gasteiger partial charge is 0.508 e. The summed E-state index contributed by atoms with van der Waals surface area (Å²) in [5.74, 6) is 0.524. The Bertz CT molecular complexity index is 422. The monoisotopic (exact) mass is 247 g/mol. The summed E-state index contributed by atoms with van der Waals surface area (Å²) in [6.45, 7) is 3.90. The van der Waals surface area contributed by atoms with Gasteiger partial charge in [-0.05, 0) is 43.5 Å². The molecule has 0 radical (unpaired) electrons. The van der Waals surface area contributed by atoms with Crippen LogP contribution in [-0.4, -0.2) is 24.0 Å². The van der Waals surface area contributed by atoms with Crippen molar-refractivity contribution in [2.75, 3.05) is 13.1 Å². The fraction of sp³-hybridized carbons (Fsp3) is 0.533. The molecule has 18 heavy (non-hydrogen) atoms. The second-order valence-corrected chi connectivity index (χ2v) is 5.18. The molecule has 0 bridgehead atoms. The van der Waals surface area contributed by atoms with Crippen molar-refractivity contribution in [3.05, 3.63) is 29.8 Å². The van der Waals surface area contributed by atoms with Crippen molar-refractivity contribution in [3.8, 4) is 5.75 Å². The minimum Gasteiger partial charge on any atom is -0.508 e. The summed E-state index contributed by atoms with van der Waals surface area (Å²) >= 11 is 0. The molecule has 1 saturated heterocycles. The van der Waals surface area contributed by atoms with Crippen LogP contribution in [0.2, 0.25) is 0 Å². The standard InChI is InChI=1S/C15H21NO2/c1-2-15(7-4-8-16-11-15)14(18)10-12-5-3-6-13(17)9-12/h3,5-6,9,16-17H,2,4,7-8,10-11H2,1H3. The number of Topliss-reactive ketones (excluding diaryl/α,β-unsaturated/α-hetero) is 1. The van der Waals surface area contributed by atoms with E-state index in [9.17, 15) is 9.90 Å². The number of hydrogen-bond acceptors (Lipinski definition) is 3. The first-order valence-corrected chi connectivity index (χ1v) is 6.68. The Hall–Kier alpha value is -1.35. The summed E-state index contributed by atoms with van der Waals surface area (Å²) in [4.78, 5) is 12.5. The van der Waals surface area contributed by atoms with Gasteiger partial charge in [0, 0.05) is 18.4 Å². The lowest BCUT2D eigenvalue weighted by atomic mass is 9.73. The third-order valence-corrected chi connectivity index (χ3v) is 4.02. The summed E-state index contributed by atoms with van der Waals surface area (Å²) < 4.78 is 0. The van der Waals surface area contributed by atoms with Gasteiger partial charge in [0.15, 0.2) is 0 Å². The topological polar surface area (TPSA) is 49.3 Å². The molecule has 3 nitrogen and oxygen atoms in total. The summed E-state index contributed by atoms with van der Waals surface area (Å²) in [6.07, 6.45) is 3.36. The number of aromatic hydroxyl groups is 1. The third-order valence-electron chi connectivity index (χ3n) is 4.02. The average Bonchev–Trinajstić information content (AvgIpc) is 2.39. The minimum absolute atomic E-state index is 0.205. The highest BCUT2D eigenvalue weighted by Gasteiger charge is 2.37. The SMILES string of the molecule is CCC1(C(=O)Cc2cccc(O)c2)CCCNC1. The lowest BCUT2D eigenvalue weighted by molar-refractivity contribution is -0.129. The molecule has 1 aliphatic heterocycles. The van der Waals surface area contributed by atoms with Crippen molar-refractivity contribution in [1.82, 2.24) is 5.32 Å². The molecule has 1 heterocycles. The van der Waals surface area contributed by atoms with Crippen molar-refractivity contribution < 1.29 is 9.90 Å². The van der Waals surface area contributed by atoms with E-state index in [2.05, 4.69) is 12.2 Å². The number of ketones is 1. The van der Waals surface area contributed by atoms with Crippen LogP contribution in [0.3, 0.4) is 0 Å². The summed E-state index contributed by atoms with van der Waals surface area (Å²) in [7, 11) is 0. The predicted octanol–water partition coefficient (Wildman–Crippen LogP) is 2.28. The number of rotatable bonds is 4. The highest BCUT2D eigenvalue weighted by molar-refractivity contribution is 5.87. The fourth-order valence-electron chi connectivity index (χ4n) is 2.74. The van der Waals surface area contributed by atoms with Gasteiger partial charge in [0.1, 0.15) is 11.5 Å². The molecular formula is C15H21NO2. The molecule has 2 rings (SSSR count). The van der Waals surface area contributed by atoms with Crippen molar-refractivity contribution >= 4 is 5.78 Å². The first kappa shape index (κ1) is 13.1. The maximum absolute atomic E-state index is 12.5. The van der Waals surface area contributed by atoms with Crippen LogP contribution < -0.4 is 5.32 Å². The van der Waals surface area contributed by atoms with Crippen LogP contribution in [0, 0.1) is 5.41 Å². The molecule has 1 aromatic carbocycles. The molecule has 3 heteroatoms. The Balaban J connectivity index is 2.10. The fourth-order valence-corrected chi connectivity index (χ4v) is 2.74. The van der Waals surface area contributed by atoms with Crippen molar-refractivity contribution in [3.63, 3.8) is 0 Å². The van der Waals surface area contributed by atoms with Crippen molar-refractivity contribution in [2.45, 2.75) is 32.6 Å². The number of piperidine rings is 1. The highest BCUT2D eigenvalue weighted by Crippen LogP contribution is 2.32. The van der Waals surface area contributed by atoms with Crippen LogP contribution in [0.1, 0.15) is 31.7 Å². The zero-order valence-corrected chi connectivity index (χ0v) is 10.9. The molecular weight excluding hydrogens is 226 g/mol. The van der Waals surface area contributed by atoms with Gasteiger partial charge < -0.3 is 10.4 Å². The van der Waals surface area contributed by atoms with E-state index in [0.29, 0.717) is 12.2 Å². The summed E-state index contributed by atoms with van der Waals surface area (Å²) in [5.41, 5.74) is 0.697. The van der Waals surface area contributed by atoms with Crippen molar-refractivity contribution in [2.24, 2.45) is 5.41 Å². The highest BCUT2D eigenvalue weighted by atomic mass is 16.3. The maximum atomic E-state index is 12.5. The van der Waals surface area contributed by atoms with E-state index < -0.39 is 0 Å². The Kier molecular flexibility index (Phi) is 4.02. The second-order valence-electron chi connectivity index (χ2n) is 5.18. The van der Waals surface area contributed by atoms with E-state index in [0.717, 1.165) is 37.9 Å². The molecule has 0 saturated carbocycles. The number of phenolic OH excluding ortho intramolecular Hbond substituents is 1. The molecule has 1 aliphatic rings. The first-order valence-electron chi connectivity index (χ1n) is 6.68. The van der Waals surface area contributed by atoms with Gasteiger partial charge in [-0.25, -0.2) is 0 Å². The number of phenols is 1. The van der Waals surface area contributed by atoms with E-state index in [-0.39, 0.29) is 11.2 Å². The predicted molar refractivity (Wildman–Crippen MR) is 71.6 cm³/mol. The normalized spacial score (nSPS) is 23.8. The number of nitrogens with one attached hydrogen (secondary N) is 1. The molecule has 1 atom stereocenters. The van der Waals surface area contributed by atoms with Crippen molar-refractivity contribution in [1.29, 1.82) is 0 Å². The van der Waals surface area contributed by atoms with Gasteiger partial charge in [0.05, 0.1) is 0 Å². The molecule has 1 fully saturated rings. The Morgan fingerprint density at radius 2 is 2.33 bits per heavy atom. The molecule has 1 unspecified atom stereocenters. The van der Waals surface area contributed by atoms with Crippen LogP contribution in [0.5, 0.6) is 5.75 Å². The lowest BCUT2D eigenvalue weighted by Gasteiger charge is -2.35. The van der Waals surface area contributed by atoms with Crippen LogP contribution in [-0.2, 0) is 11.2 Å². The third kappa shape index (κ3) is 2.72. The number of hydrogen-bond donors (Lipinski definition) is 2. The summed E-state index contributed by atoms with van der Waals surface area (Å²) in [6, 6.07) is 7.00. The van der Waals surface area contributed by atoms with E-state index in [1.54, 1.807) is 18.2 Å². The van der Waals surface area contributed by atoms with Gasteiger partial charge in [0.25, 0.3) is 0 Å². The molecule has 0 aliphatic carbocycles. The Labute approximate surface area is 108 Å². The number of benzene rings is 1. The zero-order chi connectivity index (χ0) is 13.0. The molecule has 98 valence electrons. The second kappa shape index (κ2) is 5.53. The van der Waals surface area contributed by atoms with Crippen LogP contribution in [0.25, 0.3) is 0 Å². The van der Waals surface area contributed by atoms with E-state index in [1.165, 1.54) is 0 Å². The van der Waals surface area contributed by atoms with Gasteiger partial charge >= 0.3 is 0 Å². The number of carbonyl (C=O) groups is 1. The molecule has 2 N–H and O–H groups in total. The van der Waals surface area contributed by atoms with Gasteiger partial charge in [-0.3, -0.25) is 4.79 Å². The summed E-state index contributed by atoms with van der Waals surface area (Å²) in [5, 5.41) is 12.8. The quantitative estimate of drug-likeness (QED) is 0.858. The average molecular weight is 247 g/mol. The molecule has 0 amide bonds. The van der Waals surface area contributed by atoms with Gasteiger partial charge in [0.2, 0.25) is 0 Å². The smallest absolute Gasteiger partial charge is 0.144 e.